The molecule has 1 aromatic rings. The Hall–Kier alpha value is -0.980. The smallest absolute Gasteiger partial charge is 0.100 e. The minimum absolute atomic E-state index is 0.782. The Kier molecular flexibility index (Phi) is 4.67. The number of benzene rings is 1. The number of hydrogen-bond donors (Lipinski definition) is 0. The lowest BCUT2D eigenvalue weighted by molar-refractivity contribution is 0.437. The van der Waals surface area contributed by atoms with E-state index in [0.717, 1.165) is 22.8 Å². The number of rotatable bonds is 4. The lowest BCUT2D eigenvalue weighted by atomic mass is 10.2. The van der Waals surface area contributed by atoms with E-state index in [2.05, 4.69) is 38.1 Å². The highest BCUT2D eigenvalue weighted by molar-refractivity contribution is 7.99. The van der Waals surface area contributed by atoms with Crippen LogP contribution in [0, 0.1) is 18.3 Å². The van der Waals surface area contributed by atoms with E-state index in [0.29, 0.717) is 0 Å². The molecule has 0 aromatic heterocycles. The number of nitriles is 1. The molecule has 0 amide bonds. The van der Waals surface area contributed by atoms with Crippen molar-refractivity contribution >= 4 is 11.8 Å². The zero-order chi connectivity index (χ0) is 11.3. The quantitative estimate of drug-likeness (QED) is 0.730. The normalized spacial score (nSPS) is 10.3. The molecule has 0 bridgehead atoms. The Labute approximate surface area is 95.9 Å². The van der Waals surface area contributed by atoms with Crippen molar-refractivity contribution in [1.82, 2.24) is 4.90 Å². The van der Waals surface area contributed by atoms with Crippen LogP contribution in [0.25, 0.3) is 0 Å². The van der Waals surface area contributed by atoms with E-state index in [1.165, 1.54) is 5.56 Å². The van der Waals surface area contributed by atoms with Crippen LogP contribution in [0.4, 0.5) is 0 Å². The Morgan fingerprint density at radius 1 is 1.40 bits per heavy atom. The molecule has 80 valence electrons. The summed E-state index contributed by atoms with van der Waals surface area (Å²) in [5.41, 5.74) is 1.99. The first-order valence-electron chi connectivity index (χ1n) is 4.92. The highest BCUT2D eigenvalue weighted by Gasteiger charge is 2.02. The van der Waals surface area contributed by atoms with Crippen LogP contribution < -0.4 is 0 Å². The zero-order valence-electron chi connectivity index (χ0n) is 9.45. The standard InChI is InChI=1S/C12H16N2S/c1-10-4-5-11(9-13)12(8-10)15-7-6-14(2)3/h4-5,8H,6-7H2,1-3H3. The Morgan fingerprint density at radius 3 is 2.73 bits per heavy atom. The average molecular weight is 220 g/mol. The molecule has 0 heterocycles. The van der Waals surface area contributed by atoms with Gasteiger partial charge in [0, 0.05) is 17.2 Å². The van der Waals surface area contributed by atoms with Gasteiger partial charge in [-0.1, -0.05) is 6.07 Å². The predicted octanol–water partition coefficient (Wildman–Crippen LogP) is 2.52. The third-order valence-corrected chi connectivity index (χ3v) is 3.09. The first-order valence-corrected chi connectivity index (χ1v) is 5.90. The van der Waals surface area contributed by atoms with E-state index in [9.17, 15) is 0 Å². The first kappa shape index (κ1) is 12.1. The van der Waals surface area contributed by atoms with Crippen LogP contribution in [0.3, 0.4) is 0 Å². The second kappa shape index (κ2) is 5.79. The summed E-state index contributed by atoms with van der Waals surface area (Å²) in [6, 6.07) is 8.19. The van der Waals surface area contributed by atoms with Crippen molar-refractivity contribution in [3.05, 3.63) is 29.3 Å². The maximum absolute atomic E-state index is 8.94. The largest absolute Gasteiger partial charge is 0.309 e. The van der Waals surface area contributed by atoms with Gasteiger partial charge in [-0.25, -0.2) is 0 Å². The number of aryl methyl sites for hydroxylation is 1. The SMILES string of the molecule is Cc1ccc(C#N)c(SCCN(C)C)c1. The van der Waals surface area contributed by atoms with Gasteiger partial charge in [-0.15, -0.1) is 11.8 Å². The van der Waals surface area contributed by atoms with Crippen molar-refractivity contribution in [1.29, 1.82) is 5.26 Å². The van der Waals surface area contributed by atoms with E-state index in [-0.39, 0.29) is 0 Å². The molecule has 0 saturated carbocycles. The first-order chi connectivity index (χ1) is 7.13. The van der Waals surface area contributed by atoms with Crippen LogP contribution in [-0.2, 0) is 0 Å². The van der Waals surface area contributed by atoms with Crippen LogP contribution in [-0.4, -0.2) is 31.3 Å². The summed E-state index contributed by atoms with van der Waals surface area (Å²) in [6.07, 6.45) is 0. The van der Waals surface area contributed by atoms with Gasteiger partial charge in [0.15, 0.2) is 0 Å². The summed E-state index contributed by atoms with van der Waals surface area (Å²) in [7, 11) is 4.12. The van der Waals surface area contributed by atoms with Gasteiger partial charge in [-0.05, 0) is 38.7 Å². The fourth-order valence-electron chi connectivity index (χ4n) is 1.18. The van der Waals surface area contributed by atoms with Crippen molar-refractivity contribution in [3.63, 3.8) is 0 Å². The number of nitrogens with zero attached hydrogens (tertiary/aromatic N) is 2. The molecule has 0 spiro atoms. The molecule has 0 unspecified atom stereocenters. The Morgan fingerprint density at radius 2 is 2.13 bits per heavy atom. The fraction of sp³-hybridized carbons (Fsp3) is 0.417. The zero-order valence-corrected chi connectivity index (χ0v) is 10.3. The van der Waals surface area contributed by atoms with E-state index in [4.69, 9.17) is 5.26 Å². The molecule has 3 heteroatoms. The van der Waals surface area contributed by atoms with Gasteiger partial charge < -0.3 is 4.90 Å². The van der Waals surface area contributed by atoms with Gasteiger partial charge in [-0.2, -0.15) is 5.26 Å². The maximum Gasteiger partial charge on any atom is 0.100 e. The van der Waals surface area contributed by atoms with Crippen molar-refractivity contribution in [2.45, 2.75) is 11.8 Å². The second-order valence-corrected chi connectivity index (χ2v) is 4.90. The van der Waals surface area contributed by atoms with Gasteiger partial charge in [-0.3, -0.25) is 0 Å². The van der Waals surface area contributed by atoms with Gasteiger partial charge in [0.2, 0.25) is 0 Å². The molecule has 0 saturated heterocycles. The topological polar surface area (TPSA) is 27.0 Å². The highest BCUT2D eigenvalue weighted by Crippen LogP contribution is 2.23. The van der Waals surface area contributed by atoms with Gasteiger partial charge in [0.25, 0.3) is 0 Å². The second-order valence-electron chi connectivity index (χ2n) is 3.76. The van der Waals surface area contributed by atoms with Crippen LogP contribution >= 0.6 is 11.8 Å². The van der Waals surface area contributed by atoms with Gasteiger partial charge >= 0.3 is 0 Å². The number of thioether (sulfide) groups is 1. The molecule has 0 atom stereocenters. The third-order valence-electron chi connectivity index (χ3n) is 2.05. The van der Waals surface area contributed by atoms with Crippen LogP contribution in [0.1, 0.15) is 11.1 Å². The van der Waals surface area contributed by atoms with Crippen molar-refractivity contribution in [3.8, 4) is 6.07 Å². The third kappa shape index (κ3) is 3.94. The molecule has 1 rings (SSSR count). The summed E-state index contributed by atoms with van der Waals surface area (Å²) in [4.78, 5) is 3.24. The molecule has 2 nitrogen and oxygen atoms in total. The highest BCUT2D eigenvalue weighted by atomic mass is 32.2. The molecule has 0 aliphatic rings. The molecule has 0 radical (unpaired) electrons. The fourth-order valence-corrected chi connectivity index (χ4v) is 2.39. The molecule has 0 fully saturated rings. The van der Waals surface area contributed by atoms with Crippen molar-refractivity contribution in [2.75, 3.05) is 26.4 Å². The van der Waals surface area contributed by atoms with Crippen LogP contribution in [0.2, 0.25) is 0 Å². The Balaban J connectivity index is 2.67. The molecule has 0 aliphatic carbocycles. The van der Waals surface area contributed by atoms with Gasteiger partial charge in [0.1, 0.15) is 6.07 Å². The summed E-state index contributed by atoms with van der Waals surface area (Å²) in [5.74, 6) is 1.02. The minimum Gasteiger partial charge on any atom is -0.309 e. The van der Waals surface area contributed by atoms with E-state index < -0.39 is 0 Å². The summed E-state index contributed by atoms with van der Waals surface area (Å²) in [5, 5.41) is 8.94. The lowest BCUT2D eigenvalue weighted by Crippen LogP contribution is -2.14. The summed E-state index contributed by atoms with van der Waals surface area (Å²) >= 11 is 1.75. The van der Waals surface area contributed by atoms with Crippen molar-refractivity contribution < 1.29 is 0 Å². The van der Waals surface area contributed by atoms with Crippen LogP contribution in [0.15, 0.2) is 23.1 Å². The van der Waals surface area contributed by atoms with E-state index >= 15 is 0 Å². The van der Waals surface area contributed by atoms with Crippen LogP contribution in [0.5, 0.6) is 0 Å². The molecule has 1 aromatic carbocycles. The lowest BCUT2D eigenvalue weighted by Gasteiger charge is -2.09. The molecular formula is C12H16N2S. The van der Waals surface area contributed by atoms with Crippen molar-refractivity contribution in [2.24, 2.45) is 0 Å². The molecular weight excluding hydrogens is 204 g/mol. The predicted molar refractivity (Wildman–Crippen MR) is 65.2 cm³/mol. The average Bonchev–Trinajstić information content (AvgIpc) is 2.17. The molecule has 0 aliphatic heterocycles. The maximum atomic E-state index is 8.94. The van der Waals surface area contributed by atoms with Gasteiger partial charge in [0.05, 0.1) is 5.56 Å². The van der Waals surface area contributed by atoms with E-state index in [1.54, 1.807) is 11.8 Å². The molecule has 15 heavy (non-hydrogen) atoms. The summed E-state index contributed by atoms with van der Waals surface area (Å²) < 4.78 is 0. The minimum atomic E-state index is 0.782. The Bertz CT molecular complexity index is 366. The summed E-state index contributed by atoms with van der Waals surface area (Å²) in [6.45, 7) is 3.08. The monoisotopic (exact) mass is 220 g/mol. The molecule has 0 N–H and O–H groups in total. The number of hydrogen-bond acceptors (Lipinski definition) is 3. The van der Waals surface area contributed by atoms with E-state index in [1.807, 2.05) is 12.1 Å².